The number of anilines is 2. The van der Waals surface area contributed by atoms with E-state index in [9.17, 15) is 27.5 Å². The minimum absolute atomic E-state index is 0.0173. The van der Waals surface area contributed by atoms with E-state index in [1.165, 1.54) is 17.0 Å². The number of nitrogens with one attached hydrogen (secondary N) is 1. The van der Waals surface area contributed by atoms with Gasteiger partial charge in [0, 0.05) is 24.3 Å². The number of fused-ring (bicyclic) bond motifs is 1. The van der Waals surface area contributed by atoms with Crippen LogP contribution in [0.3, 0.4) is 0 Å². The van der Waals surface area contributed by atoms with Gasteiger partial charge in [0.15, 0.2) is 5.60 Å². The first-order chi connectivity index (χ1) is 15.9. The molecule has 1 amide bonds. The fourth-order valence-corrected chi connectivity index (χ4v) is 3.76. The molecule has 1 aliphatic rings. The van der Waals surface area contributed by atoms with Crippen molar-refractivity contribution >= 4 is 17.4 Å². The summed E-state index contributed by atoms with van der Waals surface area (Å²) in [6.45, 7) is 2.98. The SMILES string of the molecule is Cc1ccc(Nc2c(-c3ccc(F)cc3)nc3n2CCN(C(=O)CC(C)(O)C(F)(F)F)C3)cc1. The highest BCUT2D eigenvalue weighted by atomic mass is 19.4. The third-order valence-electron chi connectivity index (χ3n) is 5.86. The molecular weight excluding hydrogens is 452 g/mol. The van der Waals surface area contributed by atoms with Crippen molar-refractivity contribution in [3.05, 3.63) is 65.7 Å². The second-order valence-corrected chi connectivity index (χ2v) is 8.64. The number of hydrogen-bond donors (Lipinski definition) is 2. The minimum atomic E-state index is -4.92. The first-order valence-electron chi connectivity index (χ1n) is 10.7. The van der Waals surface area contributed by atoms with E-state index in [4.69, 9.17) is 0 Å². The van der Waals surface area contributed by atoms with Crippen molar-refractivity contribution in [1.82, 2.24) is 14.5 Å². The summed E-state index contributed by atoms with van der Waals surface area (Å²) in [4.78, 5) is 18.5. The lowest BCUT2D eigenvalue weighted by Gasteiger charge is -2.32. The molecule has 6 nitrogen and oxygen atoms in total. The Balaban J connectivity index is 1.65. The second-order valence-electron chi connectivity index (χ2n) is 8.64. The molecule has 0 radical (unpaired) electrons. The van der Waals surface area contributed by atoms with Crippen molar-refractivity contribution < 1.29 is 27.5 Å². The summed E-state index contributed by atoms with van der Waals surface area (Å²) in [5.74, 6) is -0.0951. The van der Waals surface area contributed by atoms with Crippen LogP contribution in [-0.4, -0.2) is 43.8 Å². The topological polar surface area (TPSA) is 70.4 Å². The Kier molecular flexibility index (Phi) is 6.11. The number of benzene rings is 2. The normalized spacial score (nSPS) is 15.6. The lowest BCUT2D eigenvalue weighted by atomic mass is 10.0. The molecule has 0 aliphatic carbocycles. The van der Waals surface area contributed by atoms with Crippen LogP contribution < -0.4 is 5.32 Å². The fraction of sp³-hybridized carbons (Fsp3) is 0.333. The zero-order chi connectivity index (χ0) is 24.7. The van der Waals surface area contributed by atoms with Gasteiger partial charge in [-0.25, -0.2) is 9.37 Å². The molecule has 0 fully saturated rings. The predicted molar refractivity (Wildman–Crippen MR) is 119 cm³/mol. The van der Waals surface area contributed by atoms with Crippen molar-refractivity contribution in [3.63, 3.8) is 0 Å². The van der Waals surface area contributed by atoms with Crippen LogP contribution in [0.1, 0.15) is 24.7 Å². The van der Waals surface area contributed by atoms with E-state index in [1.54, 1.807) is 12.1 Å². The number of aromatic nitrogens is 2. The van der Waals surface area contributed by atoms with Crippen LogP contribution in [0.25, 0.3) is 11.3 Å². The number of alkyl halides is 3. The smallest absolute Gasteiger partial charge is 0.380 e. The summed E-state index contributed by atoms with van der Waals surface area (Å²) < 4.78 is 54.4. The van der Waals surface area contributed by atoms with Gasteiger partial charge in [0.1, 0.15) is 23.2 Å². The maximum Gasteiger partial charge on any atom is 0.417 e. The molecule has 2 N–H and O–H groups in total. The van der Waals surface area contributed by atoms with Crippen molar-refractivity contribution in [2.75, 3.05) is 11.9 Å². The quantitative estimate of drug-likeness (QED) is 0.520. The third kappa shape index (κ3) is 4.77. The van der Waals surface area contributed by atoms with E-state index in [0.717, 1.165) is 11.3 Å². The lowest BCUT2D eigenvalue weighted by Crippen LogP contribution is -2.48. The highest BCUT2D eigenvalue weighted by Gasteiger charge is 2.51. The van der Waals surface area contributed by atoms with Gasteiger partial charge in [-0.3, -0.25) is 4.79 Å². The second kappa shape index (κ2) is 8.75. The van der Waals surface area contributed by atoms with E-state index in [1.807, 2.05) is 35.8 Å². The van der Waals surface area contributed by atoms with Gasteiger partial charge in [0.05, 0.1) is 13.0 Å². The first kappa shape index (κ1) is 23.7. The zero-order valence-corrected chi connectivity index (χ0v) is 18.7. The fourth-order valence-electron chi connectivity index (χ4n) is 3.76. The molecule has 0 saturated carbocycles. The number of nitrogens with zero attached hydrogens (tertiary/aromatic N) is 3. The summed E-state index contributed by atoms with van der Waals surface area (Å²) in [5.41, 5.74) is -0.0446. The summed E-state index contributed by atoms with van der Waals surface area (Å²) in [6, 6.07) is 13.5. The molecule has 0 saturated heterocycles. The van der Waals surface area contributed by atoms with E-state index < -0.39 is 29.9 Å². The van der Waals surface area contributed by atoms with Gasteiger partial charge in [-0.1, -0.05) is 17.7 Å². The highest BCUT2D eigenvalue weighted by molar-refractivity contribution is 5.79. The maximum atomic E-state index is 13.5. The van der Waals surface area contributed by atoms with Crippen LogP contribution in [0.15, 0.2) is 48.5 Å². The Labute approximate surface area is 193 Å². The molecule has 1 aromatic heterocycles. The van der Waals surface area contributed by atoms with Crippen LogP contribution in [0.5, 0.6) is 0 Å². The Morgan fingerprint density at radius 3 is 2.35 bits per heavy atom. The van der Waals surface area contributed by atoms with Crippen LogP contribution in [0.4, 0.5) is 29.1 Å². The number of halogens is 4. The average Bonchev–Trinajstić information content (AvgIpc) is 3.12. The summed E-state index contributed by atoms with van der Waals surface area (Å²) >= 11 is 0. The molecule has 0 spiro atoms. The van der Waals surface area contributed by atoms with E-state index in [-0.39, 0.29) is 19.6 Å². The minimum Gasteiger partial charge on any atom is -0.380 e. The molecule has 1 atom stereocenters. The van der Waals surface area contributed by atoms with Crippen LogP contribution in [0, 0.1) is 12.7 Å². The molecule has 3 aromatic rings. The van der Waals surface area contributed by atoms with E-state index >= 15 is 0 Å². The van der Waals surface area contributed by atoms with Crippen molar-refractivity contribution in [2.24, 2.45) is 0 Å². The van der Waals surface area contributed by atoms with Crippen molar-refractivity contribution in [3.8, 4) is 11.3 Å². The summed E-state index contributed by atoms with van der Waals surface area (Å²) in [7, 11) is 0. The molecule has 10 heteroatoms. The number of carbonyl (C=O) groups is 1. The number of carbonyl (C=O) groups excluding carboxylic acids is 1. The van der Waals surface area contributed by atoms with Crippen molar-refractivity contribution in [1.29, 1.82) is 0 Å². The van der Waals surface area contributed by atoms with Gasteiger partial charge in [0.2, 0.25) is 5.91 Å². The Morgan fingerprint density at radius 1 is 1.09 bits per heavy atom. The monoisotopic (exact) mass is 476 g/mol. The molecule has 2 heterocycles. The van der Waals surface area contributed by atoms with Gasteiger partial charge in [0.25, 0.3) is 0 Å². The zero-order valence-electron chi connectivity index (χ0n) is 18.7. The van der Waals surface area contributed by atoms with Gasteiger partial charge in [-0.15, -0.1) is 0 Å². The molecule has 1 unspecified atom stereocenters. The Bertz CT molecular complexity index is 1190. The molecule has 0 bridgehead atoms. The van der Waals surface area contributed by atoms with E-state index in [0.29, 0.717) is 29.8 Å². The Morgan fingerprint density at radius 2 is 1.74 bits per heavy atom. The summed E-state index contributed by atoms with van der Waals surface area (Å²) in [6.07, 6.45) is -5.99. The van der Waals surface area contributed by atoms with Gasteiger partial charge in [-0.2, -0.15) is 13.2 Å². The number of aliphatic hydroxyl groups is 1. The maximum absolute atomic E-state index is 13.5. The molecule has 180 valence electrons. The third-order valence-corrected chi connectivity index (χ3v) is 5.86. The number of rotatable bonds is 5. The first-order valence-corrected chi connectivity index (χ1v) is 10.7. The number of hydrogen-bond acceptors (Lipinski definition) is 4. The standard InChI is InChI=1S/C24H24F4N4O2/c1-15-3-9-18(10-4-15)29-22-21(16-5-7-17(25)8-6-16)30-19-14-31(11-12-32(19)22)20(33)13-23(2,34)24(26,27)28/h3-10,29,34H,11-14H2,1-2H3. The molecular formula is C24H24F4N4O2. The number of amides is 1. The van der Waals surface area contributed by atoms with Crippen LogP contribution in [-0.2, 0) is 17.9 Å². The van der Waals surface area contributed by atoms with E-state index in [2.05, 4.69) is 10.3 Å². The van der Waals surface area contributed by atoms with Gasteiger partial charge >= 0.3 is 6.18 Å². The van der Waals surface area contributed by atoms with Crippen LogP contribution in [0.2, 0.25) is 0 Å². The van der Waals surface area contributed by atoms with Crippen molar-refractivity contribution in [2.45, 2.75) is 45.1 Å². The lowest BCUT2D eigenvalue weighted by molar-refractivity contribution is -0.254. The predicted octanol–water partition coefficient (Wildman–Crippen LogP) is 4.79. The largest absolute Gasteiger partial charge is 0.417 e. The molecule has 4 rings (SSSR count). The summed E-state index contributed by atoms with van der Waals surface area (Å²) in [5, 5.41) is 13.1. The van der Waals surface area contributed by atoms with Gasteiger partial charge < -0.3 is 19.9 Å². The van der Waals surface area contributed by atoms with Gasteiger partial charge in [-0.05, 0) is 50.2 Å². The Hall–Kier alpha value is -3.40. The molecule has 1 aliphatic heterocycles. The molecule has 34 heavy (non-hydrogen) atoms. The van der Waals surface area contributed by atoms with Crippen LogP contribution >= 0.6 is 0 Å². The highest BCUT2D eigenvalue weighted by Crippen LogP contribution is 2.35. The average molecular weight is 476 g/mol. The number of aryl methyl sites for hydroxylation is 1. The molecule has 2 aromatic carbocycles. The number of imidazole rings is 1.